The maximum absolute atomic E-state index is 6.32. The molecule has 4 heteroatoms. The van der Waals surface area contributed by atoms with Crippen LogP contribution in [0.5, 0.6) is 0 Å². The van der Waals surface area contributed by atoms with Crippen LogP contribution in [0.2, 0.25) is 5.02 Å². The van der Waals surface area contributed by atoms with Crippen LogP contribution in [0.25, 0.3) is 0 Å². The zero-order valence-electron chi connectivity index (χ0n) is 12.2. The highest BCUT2D eigenvalue weighted by Gasteiger charge is 2.15. The maximum atomic E-state index is 6.32. The molecule has 0 aliphatic rings. The van der Waals surface area contributed by atoms with Crippen LogP contribution in [0, 0.1) is 0 Å². The Labute approximate surface area is 130 Å². The fraction of sp³-hybridized carbons (Fsp3) is 0.600. The van der Waals surface area contributed by atoms with Crippen molar-refractivity contribution >= 4 is 27.5 Å². The molecule has 0 saturated carbocycles. The molecule has 2 atom stereocenters. The van der Waals surface area contributed by atoms with Gasteiger partial charge in [-0.3, -0.25) is 0 Å². The van der Waals surface area contributed by atoms with Crippen molar-refractivity contribution in [3.8, 4) is 0 Å². The van der Waals surface area contributed by atoms with Crippen molar-refractivity contribution < 1.29 is 0 Å². The third kappa shape index (κ3) is 5.07. The van der Waals surface area contributed by atoms with Crippen molar-refractivity contribution in [2.24, 2.45) is 0 Å². The van der Waals surface area contributed by atoms with Gasteiger partial charge in [-0.25, -0.2) is 0 Å². The Balaban J connectivity index is 2.68. The minimum atomic E-state index is 0.298. The van der Waals surface area contributed by atoms with Gasteiger partial charge in [0, 0.05) is 21.6 Å². The molecule has 0 aliphatic heterocycles. The van der Waals surface area contributed by atoms with Crippen molar-refractivity contribution in [2.75, 3.05) is 20.6 Å². The van der Waals surface area contributed by atoms with E-state index in [4.69, 9.17) is 11.6 Å². The average Bonchev–Trinajstić information content (AvgIpc) is 2.39. The lowest BCUT2D eigenvalue weighted by Gasteiger charge is -2.26. The van der Waals surface area contributed by atoms with Gasteiger partial charge in [0.25, 0.3) is 0 Å². The highest BCUT2D eigenvalue weighted by molar-refractivity contribution is 9.10. The number of benzene rings is 1. The second-order valence-electron chi connectivity index (χ2n) is 5.03. The normalized spacial score (nSPS) is 14.7. The van der Waals surface area contributed by atoms with Crippen molar-refractivity contribution in [1.29, 1.82) is 0 Å². The van der Waals surface area contributed by atoms with E-state index in [1.165, 1.54) is 12.0 Å². The lowest BCUT2D eigenvalue weighted by atomic mass is 10.0. The molecule has 2 nitrogen and oxygen atoms in total. The Kier molecular flexibility index (Phi) is 7.37. The van der Waals surface area contributed by atoms with Gasteiger partial charge in [-0.1, -0.05) is 40.5 Å². The van der Waals surface area contributed by atoms with E-state index < -0.39 is 0 Å². The molecule has 0 saturated heterocycles. The molecule has 0 aliphatic carbocycles. The highest BCUT2D eigenvalue weighted by atomic mass is 79.9. The number of rotatable bonds is 7. The zero-order valence-corrected chi connectivity index (χ0v) is 14.6. The standard InChI is InChI=1S/C15H24BrClN2/c1-5-11(2)19(4)9-8-15(18-3)13-7-6-12(16)10-14(13)17/h6-7,10-11,15,18H,5,8-9H2,1-4H3. The first-order valence-electron chi connectivity index (χ1n) is 6.82. The third-order valence-electron chi connectivity index (χ3n) is 3.80. The monoisotopic (exact) mass is 346 g/mol. The minimum Gasteiger partial charge on any atom is -0.313 e. The summed E-state index contributed by atoms with van der Waals surface area (Å²) < 4.78 is 1.02. The van der Waals surface area contributed by atoms with Crippen molar-refractivity contribution in [1.82, 2.24) is 10.2 Å². The highest BCUT2D eigenvalue weighted by Crippen LogP contribution is 2.28. The molecule has 1 N–H and O–H groups in total. The SMILES string of the molecule is CCC(C)N(C)CCC(NC)c1ccc(Br)cc1Cl. The molecule has 1 aromatic carbocycles. The topological polar surface area (TPSA) is 15.3 Å². The molecule has 0 spiro atoms. The number of hydrogen-bond donors (Lipinski definition) is 1. The minimum absolute atomic E-state index is 0.298. The summed E-state index contributed by atoms with van der Waals surface area (Å²) in [7, 11) is 4.18. The van der Waals surface area contributed by atoms with E-state index in [2.05, 4.69) is 53.1 Å². The number of hydrogen-bond acceptors (Lipinski definition) is 2. The first-order chi connectivity index (χ1) is 8.99. The smallest absolute Gasteiger partial charge is 0.0465 e. The van der Waals surface area contributed by atoms with Gasteiger partial charge in [0.05, 0.1) is 0 Å². The Morgan fingerprint density at radius 2 is 2.11 bits per heavy atom. The number of nitrogens with zero attached hydrogens (tertiary/aromatic N) is 1. The lowest BCUT2D eigenvalue weighted by molar-refractivity contribution is 0.239. The fourth-order valence-corrected chi connectivity index (χ4v) is 2.91. The molecule has 0 heterocycles. The predicted octanol–water partition coefficient (Wildman–Crippen LogP) is 4.48. The number of halogens is 2. The quantitative estimate of drug-likeness (QED) is 0.782. The molecular weight excluding hydrogens is 324 g/mol. The zero-order chi connectivity index (χ0) is 14.4. The summed E-state index contributed by atoms with van der Waals surface area (Å²) >= 11 is 9.77. The molecule has 108 valence electrons. The summed E-state index contributed by atoms with van der Waals surface area (Å²) in [4.78, 5) is 2.40. The van der Waals surface area contributed by atoms with Crippen LogP contribution < -0.4 is 5.32 Å². The summed E-state index contributed by atoms with van der Waals surface area (Å²) in [5.41, 5.74) is 1.17. The van der Waals surface area contributed by atoms with E-state index in [9.17, 15) is 0 Å². The fourth-order valence-electron chi connectivity index (χ4n) is 2.10. The van der Waals surface area contributed by atoms with Gasteiger partial charge in [-0.15, -0.1) is 0 Å². The summed E-state index contributed by atoms with van der Waals surface area (Å²) in [5.74, 6) is 0. The predicted molar refractivity (Wildman–Crippen MR) is 88.0 cm³/mol. The molecule has 0 bridgehead atoms. The largest absolute Gasteiger partial charge is 0.313 e. The molecule has 1 aromatic rings. The van der Waals surface area contributed by atoms with Crippen LogP contribution in [-0.4, -0.2) is 31.6 Å². The Hall–Kier alpha value is -0.0900. The summed E-state index contributed by atoms with van der Waals surface area (Å²) in [6.07, 6.45) is 2.23. The summed E-state index contributed by atoms with van der Waals surface area (Å²) in [6.45, 7) is 5.55. The Morgan fingerprint density at radius 1 is 1.42 bits per heavy atom. The molecule has 2 unspecified atom stereocenters. The van der Waals surface area contributed by atoms with E-state index >= 15 is 0 Å². The summed E-state index contributed by atoms with van der Waals surface area (Å²) in [6, 6.07) is 7.02. The second kappa shape index (κ2) is 8.25. The van der Waals surface area contributed by atoms with Crippen LogP contribution >= 0.6 is 27.5 Å². The van der Waals surface area contributed by atoms with Gasteiger partial charge in [-0.2, -0.15) is 0 Å². The van der Waals surface area contributed by atoms with E-state index in [0.29, 0.717) is 12.1 Å². The van der Waals surface area contributed by atoms with E-state index in [0.717, 1.165) is 22.5 Å². The molecule has 0 aromatic heterocycles. The number of nitrogens with one attached hydrogen (secondary N) is 1. The maximum Gasteiger partial charge on any atom is 0.0465 e. The van der Waals surface area contributed by atoms with Crippen LogP contribution in [0.15, 0.2) is 22.7 Å². The van der Waals surface area contributed by atoms with Crippen molar-refractivity contribution in [2.45, 2.75) is 38.8 Å². The molecule has 0 radical (unpaired) electrons. The average molecular weight is 348 g/mol. The first-order valence-corrected chi connectivity index (χ1v) is 7.99. The van der Waals surface area contributed by atoms with Gasteiger partial charge in [-0.05, 0) is 58.1 Å². The molecular formula is C15H24BrClN2. The van der Waals surface area contributed by atoms with Crippen LogP contribution in [-0.2, 0) is 0 Å². The lowest BCUT2D eigenvalue weighted by Crippen LogP contribution is -2.31. The van der Waals surface area contributed by atoms with Gasteiger partial charge < -0.3 is 10.2 Å². The van der Waals surface area contributed by atoms with E-state index in [1.807, 2.05) is 19.2 Å². The third-order valence-corrected chi connectivity index (χ3v) is 4.62. The molecule has 1 rings (SSSR count). The Morgan fingerprint density at radius 3 is 2.63 bits per heavy atom. The summed E-state index contributed by atoms with van der Waals surface area (Å²) in [5, 5.41) is 4.18. The van der Waals surface area contributed by atoms with E-state index in [-0.39, 0.29) is 0 Å². The van der Waals surface area contributed by atoms with Crippen molar-refractivity contribution in [3.63, 3.8) is 0 Å². The van der Waals surface area contributed by atoms with Gasteiger partial charge in [0.2, 0.25) is 0 Å². The van der Waals surface area contributed by atoms with Gasteiger partial charge in [0.15, 0.2) is 0 Å². The van der Waals surface area contributed by atoms with E-state index in [1.54, 1.807) is 0 Å². The van der Waals surface area contributed by atoms with Crippen molar-refractivity contribution in [3.05, 3.63) is 33.3 Å². The second-order valence-corrected chi connectivity index (χ2v) is 6.36. The Bertz CT molecular complexity index is 398. The van der Waals surface area contributed by atoms with Gasteiger partial charge >= 0.3 is 0 Å². The van der Waals surface area contributed by atoms with Gasteiger partial charge in [0.1, 0.15) is 0 Å². The van der Waals surface area contributed by atoms with Crippen LogP contribution in [0.1, 0.15) is 38.3 Å². The van der Waals surface area contributed by atoms with Crippen LogP contribution in [0.4, 0.5) is 0 Å². The molecule has 19 heavy (non-hydrogen) atoms. The van der Waals surface area contributed by atoms with Crippen LogP contribution in [0.3, 0.4) is 0 Å². The first kappa shape index (κ1) is 17.0. The molecule has 0 fully saturated rings. The molecule has 0 amide bonds.